The fourth-order valence-electron chi connectivity index (χ4n) is 1.26. The van der Waals surface area contributed by atoms with Crippen molar-refractivity contribution < 1.29 is 4.79 Å². The predicted molar refractivity (Wildman–Crippen MR) is 57.1 cm³/mol. The van der Waals surface area contributed by atoms with Crippen LogP contribution >= 0.6 is 11.6 Å². The lowest BCUT2D eigenvalue weighted by molar-refractivity contribution is -0.132. The molecule has 0 atom stereocenters. The number of nitrogens with zero attached hydrogens (tertiary/aromatic N) is 1. The zero-order valence-electron chi connectivity index (χ0n) is 8.85. The van der Waals surface area contributed by atoms with Crippen molar-refractivity contribution in [2.75, 3.05) is 12.4 Å². The molecule has 78 valence electrons. The Kier molecular flexibility index (Phi) is 7.06. The average Bonchev–Trinajstić information content (AvgIpc) is 2.05. The van der Waals surface area contributed by atoms with Crippen LogP contribution in [-0.2, 0) is 4.79 Å². The Balaban J connectivity index is 3.99. The molecule has 0 spiro atoms. The van der Waals surface area contributed by atoms with Crippen molar-refractivity contribution in [1.82, 2.24) is 4.90 Å². The van der Waals surface area contributed by atoms with Gasteiger partial charge in [0, 0.05) is 24.9 Å². The largest absolute Gasteiger partial charge is 0.340 e. The van der Waals surface area contributed by atoms with Crippen molar-refractivity contribution in [2.24, 2.45) is 0 Å². The lowest BCUT2D eigenvalue weighted by Crippen LogP contribution is -2.37. The SMILES string of the molecule is CCCC(=O)N(CCCCl)C(C)C. The molecule has 1 amide bonds. The van der Waals surface area contributed by atoms with Crippen LogP contribution in [0.2, 0.25) is 0 Å². The molecule has 0 fully saturated rings. The summed E-state index contributed by atoms with van der Waals surface area (Å²) in [5, 5.41) is 0. The Hall–Kier alpha value is -0.240. The minimum absolute atomic E-state index is 0.252. The van der Waals surface area contributed by atoms with Crippen molar-refractivity contribution in [3.63, 3.8) is 0 Å². The molecule has 0 saturated carbocycles. The van der Waals surface area contributed by atoms with E-state index < -0.39 is 0 Å². The summed E-state index contributed by atoms with van der Waals surface area (Å²) in [7, 11) is 0. The van der Waals surface area contributed by atoms with Gasteiger partial charge in [-0.3, -0.25) is 4.79 Å². The van der Waals surface area contributed by atoms with Crippen LogP contribution < -0.4 is 0 Å². The molecule has 2 nitrogen and oxygen atoms in total. The second-order valence-electron chi connectivity index (χ2n) is 3.47. The molecular formula is C10H20ClNO. The molecule has 0 aromatic heterocycles. The van der Waals surface area contributed by atoms with Crippen LogP contribution in [0.3, 0.4) is 0 Å². The van der Waals surface area contributed by atoms with Crippen molar-refractivity contribution in [3.8, 4) is 0 Å². The first-order chi connectivity index (χ1) is 6.13. The van der Waals surface area contributed by atoms with Crippen molar-refractivity contribution in [3.05, 3.63) is 0 Å². The molecule has 0 bridgehead atoms. The van der Waals surface area contributed by atoms with Crippen LogP contribution in [0, 0.1) is 0 Å². The van der Waals surface area contributed by atoms with Gasteiger partial charge in [0.25, 0.3) is 0 Å². The number of rotatable bonds is 6. The zero-order chi connectivity index (χ0) is 10.3. The maximum Gasteiger partial charge on any atom is 0.222 e. The van der Waals surface area contributed by atoms with Crippen LogP contribution in [0.25, 0.3) is 0 Å². The highest BCUT2D eigenvalue weighted by molar-refractivity contribution is 6.17. The van der Waals surface area contributed by atoms with Crippen LogP contribution in [0.15, 0.2) is 0 Å². The van der Waals surface area contributed by atoms with E-state index in [1.165, 1.54) is 0 Å². The highest BCUT2D eigenvalue weighted by Gasteiger charge is 2.14. The smallest absolute Gasteiger partial charge is 0.222 e. The quantitative estimate of drug-likeness (QED) is 0.611. The standard InChI is InChI=1S/C10H20ClNO/c1-4-6-10(13)12(9(2)3)8-5-7-11/h9H,4-8H2,1-3H3. The number of carbonyl (C=O) groups excluding carboxylic acids is 1. The van der Waals surface area contributed by atoms with Crippen molar-refractivity contribution >= 4 is 17.5 Å². The Bertz CT molecular complexity index is 148. The summed E-state index contributed by atoms with van der Waals surface area (Å²) in [6, 6.07) is 0.294. The van der Waals surface area contributed by atoms with Crippen molar-refractivity contribution in [1.29, 1.82) is 0 Å². The minimum atomic E-state index is 0.252. The van der Waals surface area contributed by atoms with E-state index in [4.69, 9.17) is 11.6 Å². The number of hydrogen-bond donors (Lipinski definition) is 0. The second-order valence-corrected chi connectivity index (χ2v) is 3.85. The molecule has 0 radical (unpaired) electrons. The molecule has 0 aliphatic rings. The van der Waals surface area contributed by atoms with E-state index in [-0.39, 0.29) is 5.91 Å². The van der Waals surface area contributed by atoms with Gasteiger partial charge < -0.3 is 4.90 Å². The molecule has 0 saturated heterocycles. The number of amides is 1. The highest BCUT2D eigenvalue weighted by Crippen LogP contribution is 2.05. The number of halogens is 1. The van der Waals surface area contributed by atoms with Crippen LogP contribution in [0.1, 0.15) is 40.0 Å². The maximum atomic E-state index is 11.6. The van der Waals surface area contributed by atoms with Gasteiger partial charge in [0.15, 0.2) is 0 Å². The third-order valence-corrected chi connectivity index (χ3v) is 2.21. The normalized spacial score (nSPS) is 10.5. The van der Waals surface area contributed by atoms with Gasteiger partial charge in [-0.2, -0.15) is 0 Å². The van der Waals surface area contributed by atoms with E-state index in [1.54, 1.807) is 0 Å². The average molecular weight is 206 g/mol. The third-order valence-electron chi connectivity index (χ3n) is 1.94. The lowest BCUT2D eigenvalue weighted by atomic mass is 10.2. The first-order valence-corrected chi connectivity index (χ1v) is 5.52. The molecule has 13 heavy (non-hydrogen) atoms. The Morgan fingerprint density at radius 1 is 1.46 bits per heavy atom. The fourth-order valence-corrected chi connectivity index (χ4v) is 1.38. The number of alkyl halides is 1. The van der Waals surface area contributed by atoms with Gasteiger partial charge in [-0.05, 0) is 26.7 Å². The zero-order valence-corrected chi connectivity index (χ0v) is 9.60. The molecule has 0 aromatic rings. The van der Waals surface area contributed by atoms with Crippen LogP contribution in [0.5, 0.6) is 0 Å². The summed E-state index contributed by atoms with van der Waals surface area (Å²) in [5.74, 6) is 0.880. The van der Waals surface area contributed by atoms with E-state index in [2.05, 4.69) is 0 Å². The molecule has 0 heterocycles. The summed E-state index contributed by atoms with van der Waals surface area (Å²) in [6.45, 7) is 6.90. The van der Waals surface area contributed by atoms with Crippen LogP contribution in [-0.4, -0.2) is 29.3 Å². The number of hydrogen-bond acceptors (Lipinski definition) is 1. The van der Waals surface area contributed by atoms with Gasteiger partial charge >= 0.3 is 0 Å². The Morgan fingerprint density at radius 3 is 2.46 bits per heavy atom. The van der Waals surface area contributed by atoms with Gasteiger partial charge in [0.1, 0.15) is 0 Å². The molecule has 3 heteroatoms. The Morgan fingerprint density at radius 2 is 2.08 bits per heavy atom. The lowest BCUT2D eigenvalue weighted by Gasteiger charge is -2.26. The van der Waals surface area contributed by atoms with Gasteiger partial charge in [0.2, 0.25) is 5.91 Å². The second kappa shape index (κ2) is 7.19. The van der Waals surface area contributed by atoms with Gasteiger partial charge in [-0.15, -0.1) is 11.6 Å². The molecule has 0 aliphatic heterocycles. The van der Waals surface area contributed by atoms with Gasteiger partial charge in [-0.1, -0.05) is 6.92 Å². The van der Waals surface area contributed by atoms with Gasteiger partial charge in [-0.25, -0.2) is 0 Å². The molecule has 0 aromatic carbocycles. The molecule has 0 rings (SSSR count). The summed E-state index contributed by atoms with van der Waals surface area (Å²) < 4.78 is 0. The summed E-state index contributed by atoms with van der Waals surface area (Å²) in [4.78, 5) is 13.5. The fraction of sp³-hybridized carbons (Fsp3) is 0.900. The van der Waals surface area contributed by atoms with Crippen LogP contribution in [0.4, 0.5) is 0 Å². The van der Waals surface area contributed by atoms with E-state index in [0.29, 0.717) is 18.3 Å². The molecule has 0 unspecified atom stereocenters. The van der Waals surface area contributed by atoms with E-state index in [9.17, 15) is 4.79 Å². The van der Waals surface area contributed by atoms with Gasteiger partial charge in [0.05, 0.1) is 0 Å². The van der Waals surface area contributed by atoms with Crippen molar-refractivity contribution in [2.45, 2.75) is 46.1 Å². The Labute approximate surface area is 86.2 Å². The number of carbonyl (C=O) groups is 1. The maximum absolute atomic E-state index is 11.6. The summed E-state index contributed by atoms with van der Waals surface area (Å²) >= 11 is 5.59. The summed E-state index contributed by atoms with van der Waals surface area (Å²) in [5.41, 5.74) is 0. The molecule has 0 aliphatic carbocycles. The topological polar surface area (TPSA) is 20.3 Å². The van der Waals surface area contributed by atoms with E-state index in [1.807, 2.05) is 25.7 Å². The summed E-state index contributed by atoms with van der Waals surface area (Å²) in [6.07, 6.45) is 2.46. The highest BCUT2D eigenvalue weighted by atomic mass is 35.5. The third kappa shape index (κ3) is 5.14. The molecular weight excluding hydrogens is 186 g/mol. The predicted octanol–water partition coefficient (Wildman–Crippen LogP) is 2.65. The monoisotopic (exact) mass is 205 g/mol. The van der Waals surface area contributed by atoms with E-state index >= 15 is 0 Å². The molecule has 0 N–H and O–H groups in total. The minimum Gasteiger partial charge on any atom is -0.340 e. The first-order valence-electron chi connectivity index (χ1n) is 4.98. The first kappa shape index (κ1) is 12.8. The van der Waals surface area contributed by atoms with E-state index in [0.717, 1.165) is 19.4 Å².